The zero-order valence-electron chi connectivity index (χ0n) is 10.2. The molecule has 6 heteroatoms. The molecule has 0 radical (unpaired) electrons. The Labute approximate surface area is 116 Å². The summed E-state index contributed by atoms with van der Waals surface area (Å²) in [4.78, 5) is 0. The fourth-order valence-corrected chi connectivity index (χ4v) is 2.17. The molecule has 0 heterocycles. The Kier molecular flexibility index (Phi) is 5.24. The number of hydrogen-bond donors (Lipinski definition) is 2. The number of benzene rings is 1. The van der Waals surface area contributed by atoms with Gasteiger partial charge in [-0.2, -0.15) is 13.2 Å². The summed E-state index contributed by atoms with van der Waals surface area (Å²) in [5, 5.41) is 9.97. The van der Waals surface area contributed by atoms with E-state index in [-0.39, 0.29) is 18.3 Å². The molecule has 1 aromatic carbocycles. The van der Waals surface area contributed by atoms with Gasteiger partial charge in [-0.3, -0.25) is 0 Å². The molecule has 0 spiro atoms. The summed E-state index contributed by atoms with van der Waals surface area (Å²) in [7, 11) is 0. The van der Waals surface area contributed by atoms with E-state index in [1.165, 1.54) is 12.1 Å². The van der Waals surface area contributed by atoms with E-state index in [0.717, 1.165) is 31.4 Å². The van der Waals surface area contributed by atoms with Crippen molar-refractivity contribution in [2.45, 2.75) is 37.6 Å². The van der Waals surface area contributed by atoms with Crippen LogP contribution in [0.1, 0.15) is 36.4 Å². The molecule has 2 nitrogen and oxygen atoms in total. The molecule has 108 valence electrons. The first-order chi connectivity index (χ1) is 8.39. The van der Waals surface area contributed by atoms with Crippen LogP contribution in [0.5, 0.6) is 0 Å². The fraction of sp³-hybridized carbons (Fsp3) is 0.538. The van der Waals surface area contributed by atoms with Gasteiger partial charge in [0, 0.05) is 0 Å². The number of halogens is 4. The summed E-state index contributed by atoms with van der Waals surface area (Å²) in [6.45, 7) is 0. The zero-order valence-corrected chi connectivity index (χ0v) is 11.0. The second-order valence-electron chi connectivity index (χ2n) is 4.83. The van der Waals surface area contributed by atoms with E-state index in [9.17, 15) is 18.3 Å². The summed E-state index contributed by atoms with van der Waals surface area (Å²) in [6.07, 6.45) is -2.04. The van der Waals surface area contributed by atoms with Crippen molar-refractivity contribution in [3.63, 3.8) is 0 Å². The van der Waals surface area contributed by atoms with Gasteiger partial charge in [-0.05, 0) is 36.5 Å². The third kappa shape index (κ3) is 3.61. The Balaban J connectivity index is 0.00000180. The van der Waals surface area contributed by atoms with Crippen molar-refractivity contribution < 1.29 is 18.3 Å². The first-order valence-corrected chi connectivity index (χ1v) is 6.00. The molecular weight excluding hydrogens is 279 g/mol. The molecule has 0 aromatic heterocycles. The van der Waals surface area contributed by atoms with E-state index in [1.54, 1.807) is 0 Å². The highest BCUT2D eigenvalue weighted by atomic mass is 35.5. The largest absolute Gasteiger partial charge is 0.416 e. The van der Waals surface area contributed by atoms with E-state index in [4.69, 9.17) is 5.73 Å². The molecule has 19 heavy (non-hydrogen) atoms. The Bertz CT molecular complexity index is 403. The van der Waals surface area contributed by atoms with Gasteiger partial charge in [0.25, 0.3) is 0 Å². The molecule has 3 N–H and O–H groups in total. The minimum atomic E-state index is -4.34. The van der Waals surface area contributed by atoms with Crippen molar-refractivity contribution in [2.75, 3.05) is 0 Å². The van der Waals surface area contributed by atoms with Crippen molar-refractivity contribution in [1.29, 1.82) is 0 Å². The van der Waals surface area contributed by atoms with E-state index in [0.29, 0.717) is 5.56 Å². The summed E-state index contributed by atoms with van der Waals surface area (Å²) >= 11 is 0. The van der Waals surface area contributed by atoms with E-state index in [2.05, 4.69) is 0 Å². The molecule has 2 rings (SSSR count). The van der Waals surface area contributed by atoms with Gasteiger partial charge in [-0.15, -0.1) is 12.4 Å². The van der Waals surface area contributed by atoms with Crippen LogP contribution in [0.3, 0.4) is 0 Å². The van der Waals surface area contributed by atoms with Gasteiger partial charge in [-0.25, -0.2) is 0 Å². The van der Waals surface area contributed by atoms with Gasteiger partial charge in [0.05, 0.1) is 17.7 Å². The maximum absolute atomic E-state index is 12.4. The average Bonchev–Trinajstić information content (AvgIpc) is 2.24. The molecule has 1 saturated carbocycles. The van der Waals surface area contributed by atoms with Crippen LogP contribution in [0.25, 0.3) is 0 Å². The predicted octanol–water partition coefficient (Wildman–Crippen LogP) is 3.29. The third-order valence-corrected chi connectivity index (χ3v) is 3.62. The summed E-state index contributed by atoms with van der Waals surface area (Å²) in [5.74, 6) is 0.183. The topological polar surface area (TPSA) is 46.2 Å². The van der Waals surface area contributed by atoms with Gasteiger partial charge in [0.2, 0.25) is 0 Å². The molecule has 1 aromatic rings. The number of hydrogen-bond acceptors (Lipinski definition) is 2. The van der Waals surface area contributed by atoms with E-state index >= 15 is 0 Å². The number of aliphatic hydroxyl groups excluding tert-OH is 1. The van der Waals surface area contributed by atoms with Crippen LogP contribution in [-0.2, 0) is 6.18 Å². The normalized spacial score (nSPS) is 19.2. The Morgan fingerprint density at radius 3 is 2.05 bits per heavy atom. The smallest absolute Gasteiger partial charge is 0.391 e. The Hall–Kier alpha value is -0.780. The quantitative estimate of drug-likeness (QED) is 0.899. The first-order valence-electron chi connectivity index (χ1n) is 6.00. The highest BCUT2D eigenvalue weighted by Crippen LogP contribution is 2.35. The van der Waals surface area contributed by atoms with Crippen LogP contribution >= 0.6 is 12.4 Å². The third-order valence-electron chi connectivity index (χ3n) is 3.62. The average molecular weight is 296 g/mol. The highest BCUT2D eigenvalue weighted by Gasteiger charge is 2.32. The molecule has 0 unspecified atom stereocenters. The van der Waals surface area contributed by atoms with Crippen LogP contribution in [0.2, 0.25) is 0 Å². The molecule has 0 amide bonds. The fourth-order valence-electron chi connectivity index (χ4n) is 2.17. The van der Waals surface area contributed by atoms with Crippen LogP contribution in [-0.4, -0.2) is 11.2 Å². The molecule has 0 bridgehead atoms. The lowest BCUT2D eigenvalue weighted by Gasteiger charge is -2.33. The van der Waals surface area contributed by atoms with Gasteiger partial charge >= 0.3 is 6.18 Å². The molecule has 1 aliphatic carbocycles. The molecule has 1 aliphatic rings. The van der Waals surface area contributed by atoms with Crippen LogP contribution in [0.4, 0.5) is 13.2 Å². The second-order valence-corrected chi connectivity index (χ2v) is 4.83. The Morgan fingerprint density at radius 1 is 1.16 bits per heavy atom. The van der Waals surface area contributed by atoms with Gasteiger partial charge in [0.15, 0.2) is 0 Å². The minimum absolute atomic E-state index is 0. The van der Waals surface area contributed by atoms with Crippen molar-refractivity contribution in [3.8, 4) is 0 Å². The second kappa shape index (κ2) is 6.11. The minimum Gasteiger partial charge on any atom is -0.391 e. The zero-order chi connectivity index (χ0) is 13.3. The van der Waals surface area contributed by atoms with Crippen molar-refractivity contribution in [2.24, 2.45) is 11.7 Å². The Morgan fingerprint density at radius 2 is 1.68 bits per heavy atom. The summed E-state index contributed by atoms with van der Waals surface area (Å²) in [6, 6.07) is 4.08. The van der Waals surface area contributed by atoms with Crippen molar-refractivity contribution in [1.82, 2.24) is 0 Å². The van der Waals surface area contributed by atoms with Crippen LogP contribution in [0, 0.1) is 5.92 Å². The summed E-state index contributed by atoms with van der Waals surface area (Å²) < 4.78 is 37.2. The lowest BCUT2D eigenvalue weighted by molar-refractivity contribution is -0.137. The summed E-state index contributed by atoms with van der Waals surface area (Å²) in [5.41, 5.74) is 5.72. The lowest BCUT2D eigenvalue weighted by Crippen LogP contribution is -2.36. The molecular formula is C13H17ClF3NO. The lowest BCUT2D eigenvalue weighted by atomic mass is 9.77. The van der Waals surface area contributed by atoms with Crippen molar-refractivity contribution in [3.05, 3.63) is 35.4 Å². The number of aliphatic hydroxyl groups is 1. The van der Waals surface area contributed by atoms with Gasteiger partial charge in [0.1, 0.15) is 0 Å². The molecule has 1 fully saturated rings. The molecule has 2 atom stereocenters. The van der Waals surface area contributed by atoms with Crippen LogP contribution in [0.15, 0.2) is 24.3 Å². The molecule has 0 saturated heterocycles. The van der Waals surface area contributed by atoms with Crippen molar-refractivity contribution >= 4 is 12.4 Å². The SMILES string of the molecule is Cl.N[C@H](c1ccc(C(F)(F)F)cc1)[C@@H](O)C1CCC1. The maximum Gasteiger partial charge on any atom is 0.416 e. The maximum atomic E-state index is 12.4. The predicted molar refractivity (Wildman–Crippen MR) is 69.0 cm³/mol. The number of alkyl halides is 3. The van der Waals surface area contributed by atoms with Gasteiger partial charge < -0.3 is 10.8 Å². The molecule has 0 aliphatic heterocycles. The standard InChI is InChI=1S/C13H16F3NO.ClH/c14-13(15,16)10-6-4-8(5-7-10)11(17)12(18)9-2-1-3-9;/h4-7,9,11-12,18H,1-3,17H2;1H/t11-,12+;/m1./s1. The van der Waals surface area contributed by atoms with Crippen LogP contribution < -0.4 is 5.73 Å². The van der Waals surface area contributed by atoms with E-state index in [1.807, 2.05) is 0 Å². The monoisotopic (exact) mass is 295 g/mol. The highest BCUT2D eigenvalue weighted by molar-refractivity contribution is 5.85. The number of nitrogens with two attached hydrogens (primary N) is 1. The first kappa shape index (κ1) is 16.3. The van der Waals surface area contributed by atoms with E-state index < -0.39 is 23.9 Å². The number of rotatable bonds is 3. The van der Waals surface area contributed by atoms with Gasteiger partial charge in [-0.1, -0.05) is 18.6 Å².